The van der Waals surface area contributed by atoms with E-state index in [-0.39, 0.29) is 11.8 Å². The first-order valence-electron chi connectivity index (χ1n) is 6.77. The quantitative estimate of drug-likeness (QED) is 0.920. The van der Waals surface area contributed by atoms with Crippen molar-refractivity contribution in [1.29, 1.82) is 5.26 Å². The number of hydrogen-bond donors (Lipinski definition) is 1. The monoisotopic (exact) mass is 277 g/mol. The molecule has 5 heteroatoms. The summed E-state index contributed by atoms with van der Waals surface area (Å²) in [5.41, 5.74) is -0.791. The summed E-state index contributed by atoms with van der Waals surface area (Å²) in [4.78, 5) is 16.5. The molecule has 1 heterocycles. The molecule has 0 saturated heterocycles. The van der Waals surface area contributed by atoms with E-state index in [0.29, 0.717) is 19.4 Å². The van der Waals surface area contributed by atoms with Crippen molar-refractivity contribution in [2.45, 2.75) is 44.9 Å². The van der Waals surface area contributed by atoms with Gasteiger partial charge in [-0.3, -0.25) is 4.79 Å². The zero-order valence-electron chi connectivity index (χ0n) is 11.2. The Morgan fingerprint density at radius 2 is 2.32 bits per heavy atom. The Morgan fingerprint density at radius 1 is 1.58 bits per heavy atom. The summed E-state index contributed by atoms with van der Waals surface area (Å²) < 4.78 is 0. The van der Waals surface area contributed by atoms with Gasteiger partial charge in [0.05, 0.1) is 11.1 Å². The molecule has 1 amide bonds. The van der Waals surface area contributed by atoms with Gasteiger partial charge in [0, 0.05) is 24.0 Å². The Balaban J connectivity index is 1.91. The number of aromatic nitrogens is 1. The van der Waals surface area contributed by atoms with Crippen LogP contribution in [0.2, 0.25) is 0 Å². The van der Waals surface area contributed by atoms with Crippen LogP contribution in [-0.4, -0.2) is 17.4 Å². The van der Waals surface area contributed by atoms with E-state index in [0.717, 1.165) is 24.3 Å². The molecule has 102 valence electrons. The van der Waals surface area contributed by atoms with Crippen LogP contribution in [0.5, 0.6) is 0 Å². The number of hydrogen-bond acceptors (Lipinski definition) is 4. The fourth-order valence-corrected chi connectivity index (χ4v) is 3.22. The summed E-state index contributed by atoms with van der Waals surface area (Å²) in [6.07, 6.45) is 6.25. The van der Waals surface area contributed by atoms with Gasteiger partial charge in [-0.25, -0.2) is 4.98 Å². The second-order valence-electron chi connectivity index (χ2n) is 5.24. The van der Waals surface area contributed by atoms with Crippen LogP contribution in [0.4, 0.5) is 0 Å². The molecule has 4 nitrogen and oxygen atoms in total. The van der Waals surface area contributed by atoms with Crippen LogP contribution < -0.4 is 5.32 Å². The summed E-state index contributed by atoms with van der Waals surface area (Å²) in [5, 5.41) is 15.2. The Labute approximate surface area is 117 Å². The van der Waals surface area contributed by atoms with E-state index in [4.69, 9.17) is 0 Å². The second kappa shape index (κ2) is 6.16. The number of nitrogens with zero attached hydrogens (tertiary/aromatic N) is 2. The largest absolute Gasteiger partial charge is 0.354 e. The van der Waals surface area contributed by atoms with Crippen molar-refractivity contribution in [3.8, 4) is 6.07 Å². The molecule has 1 atom stereocenters. The summed E-state index contributed by atoms with van der Waals surface area (Å²) in [5.74, 6) is 0.0985. The van der Waals surface area contributed by atoms with E-state index in [9.17, 15) is 10.1 Å². The lowest BCUT2D eigenvalue weighted by Crippen LogP contribution is -2.42. The number of thiazole rings is 1. The van der Waals surface area contributed by atoms with Crippen molar-refractivity contribution in [3.05, 3.63) is 16.6 Å². The summed E-state index contributed by atoms with van der Waals surface area (Å²) in [7, 11) is 0. The SMILES string of the molecule is CC(CNC(=O)C1(C#N)CCCCC1)c1nccs1. The zero-order chi connectivity index (χ0) is 13.7. The van der Waals surface area contributed by atoms with E-state index >= 15 is 0 Å². The van der Waals surface area contributed by atoms with Gasteiger partial charge in [-0.1, -0.05) is 26.2 Å². The average molecular weight is 277 g/mol. The van der Waals surface area contributed by atoms with Gasteiger partial charge in [-0.2, -0.15) is 5.26 Å². The molecule has 1 aliphatic carbocycles. The Morgan fingerprint density at radius 3 is 2.89 bits per heavy atom. The smallest absolute Gasteiger partial charge is 0.240 e. The topological polar surface area (TPSA) is 65.8 Å². The molecule has 0 aliphatic heterocycles. The highest BCUT2D eigenvalue weighted by Gasteiger charge is 2.39. The second-order valence-corrected chi connectivity index (χ2v) is 6.16. The van der Waals surface area contributed by atoms with Crippen molar-refractivity contribution in [2.75, 3.05) is 6.54 Å². The van der Waals surface area contributed by atoms with Crippen LogP contribution in [0.25, 0.3) is 0 Å². The first-order valence-corrected chi connectivity index (χ1v) is 7.65. The number of nitrogens with one attached hydrogen (secondary N) is 1. The summed E-state index contributed by atoms with van der Waals surface area (Å²) in [6, 6.07) is 2.25. The zero-order valence-corrected chi connectivity index (χ0v) is 12.0. The molecule has 1 aromatic rings. The van der Waals surface area contributed by atoms with E-state index in [1.807, 2.05) is 12.3 Å². The average Bonchev–Trinajstić information content (AvgIpc) is 2.99. The lowest BCUT2D eigenvalue weighted by molar-refractivity contribution is -0.129. The van der Waals surface area contributed by atoms with E-state index < -0.39 is 5.41 Å². The van der Waals surface area contributed by atoms with Gasteiger partial charge < -0.3 is 5.32 Å². The van der Waals surface area contributed by atoms with Gasteiger partial charge in [-0.15, -0.1) is 11.3 Å². The molecular weight excluding hydrogens is 258 g/mol. The normalized spacial score (nSPS) is 19.4. The van der Waals surface area contributed by atoms with Gasteiger partial charge >= 0.3 is 0 Å². The van der Waals surface area contributed by atoms with Crippen LogP contribution in [0.3, 0.4) is 0 Å². The summed E-state index contributed by atoms with van der Waals surface area (Å²) >= 11 is 1.60. The van der Waals surface area contributed by atoms with Gasteiger partial charge in [-0.05, 0) is 12.8 Å². The fourth-order valence-electron chi connectivity index (χ4n) is 2.53. The van der Waals surface area contributed by atoms with E-state index in [1.54, 1.807) is 17.5 Å². The number of rotatable bonds is 4. The minimum atomic E-state index is -0.791. The Kier molecular flexibility index (Phi) is 4.54. The number of carbonyl (C=O) groups is 1. The maximum atomic E-state index is 12.3. The maximum absolute atomic E-state index is 12.3. The lowest BCUT2D eigenvalue weighted by atomic mass is 9.74. The van der Waals surface area contributed by atoms with Crippen LogP contribution in [0.1, 0.15) is 50.0 Å². The minimum Gasteiger partial charge on any atom is -0.354 e. The molecule has 1 aliphatic rings. The first-order chi connectivity index (χ1) is 9.18. The molecule has 0 spiro atoms. The summed E-state index contributed by atoms with van der Waals surface area (Å²) in [6.45, 7) is 2.59. The molecule has 1 N–H and O–H groups in total. The van der Waals surface area contributed by atoms with Gasteiger partial charge in [0.2, 0.25) is 5.91 Å². The third kappa shape index (κ3) is 3.13. The standard InChI is InChI=1S/C14H19N3OS/c1-11(12-16-7-8-19-12)9-17-13(18)14(10-15)5-3-2-4-6-14/h7-8,11H,2-6,9H2,1H3,(H,17,18). The van der Waals surface area contributed by atoms with Crippen molar-refractivity contribution >= 4 is 17.2 Å². The van der Waals surface area contributed by atoms with Crippen LogP contribution >= 0.6 is 11.3 Å². The minimum absolute atomic E-state index is 0.0990. The number of nitriles is 1. The van der Waals surface area contributed by atoms with Gasteiger partial charge in [0.25, 0.3) is 0 Å². The van der Waals surface area contributed by atoms with Crippen LogP contribution in [0.15, 0.2) is 11.6 Å². The predicted molar refractivity (Wildman–Crippen MR) is 74.7 cm³/mol. The number of amides is 1. The molecule has 2 rings (SSSR count). The third-order valence-corrected chi connectivity index (χ3v) is 4.80. The molecule has 1 aromatic heterocycles. The maximum Gasteiger partial charge on any atom is 0.240 e. The van der Waals surface area contributed by atoms with E-state index in [2.05, 4.69) is 16.4 Å². The highest BCUT2D eigenvalue weighted by molar-refractivity contribution is 7.09. The predicted octanol–water partition coefficient (Wildman–Crippen LogP) is 2.84. The molecular formula is C14H19N3OS. The molecule has 19 heavy (non-hydrogen) atoms. The lowest BCUT2D eigenvalue weighted by Gasteiger charge is -2.29. The Hall–Kier alpha value is -1.41. The highest BCUT2D eigenvalue weighted by Crippen LogP contribution is 2.35. The molecule has 1 unspecified atom stereocenters. The van der Waals surface area contributed by atoms with Crippen molar-refractivity contribution in [1.82, 2.24) is 10.3 Å². The van der Waals surface area contributed by atoms with Crippen molar-refractivity contribution < 1.29 is 4.79 Å². The molecule has 0 radical (unpaired) electrons. The van der Waals surface area contributed by atoms with Crippen molar-refractivity contribution in [2.24, 2.45) is 5.41 Å². The number of carbonyl (C=O) groups excluding carboxylic acids is 1. The highest BCUT2D eigenvalue weighted by atomic mass is 32.1. The first kappa shape index (κ1) is 14.0. The van der Waals surface area contributed by atoms with Gasteiger partial charge in [0.15, 0.2) is 0 Å². The third-order valence-electron chi connectivity index (χ3n) is 3.80. The fraction of sp³-hybridized carbons (Fsp3) is 0.643. The van der Waals surface area contributed by atoms with E-state index in [1.165, 1.54) is 0 Å². The van der Waals surface area contributed by atoms with Crippen LogP contribution in [0, 0.1) is 16.7 Å². The van der Waals surface area contributed by atoms with Gasteiger partial charge in [0.1, 0.15) is 5.41 Å². The van der Waals surface area contributed by atoms with Crippen molar-refractivity contribution in [3.63, 3.8) is 0 Å². The Bertz CT molecular complexity index is 458. The molecule has 1 fully saturated rings. The molecule has 1 saturated carbocycles. The molecule has 0 bridgehead atoms. The molecule has 0 aromatic carbocycles. The van der Waals surface area contributed by atoms with Crippen LogP contribution in [-0.2, 0) is 4.79 Å².